The minimum Gasteiger partial charge on any atom is -0.339 e. The van der Waals surface area contributed by atoms with E-state index in [9.17, 15) is 14.0 Å². The topological polar surface area (TPSA) is 77.6 Å². The summed E-state index contributed by atoms with van der Waals surface area (Å²) in [5, 5.41) is 5.23. The number of rotatable bonds is 6. The average molecular weight is 385 g/mol. The standard InChI is InChI=1S/C20H24FN5O2/c21-17-6-4-16(5-7-17)13-23-20(28)24-14-19(27)26-11-9-25(10-12-26)15-18-3-1-2-8-22-18/h1-8H,9-15H2,(H2,23,24,28). The second-order valence-corrected chi connectivity index (χ2v) is 6.64. The highest BCUT2D eigenvalue weighted by Gasteiger charge is 2.21. The number of piperazine rings is 1. The molecule has 2 aromatic rings. The van der Waals surface area contributed by atoms with Gasteiger partial charge in [-0.25, -0.2) is 9.18 Å². The number of nitrogens with one attached hydrogen (secondary N) is 2. The number of urea groups is 1. The van der Waals surface area contributed by atoms with Gasteiger partial charge in [0.25, 0.3) is 0 Å². The largest absolute Gasteiger partial charge is 0.339 e. The Labute approximate surface area is 163 Å². The van der Waals surface area contributed by atoms with Crippen LogP contribution in [-0.2, 0) is 17.9 Å². The summed E-state index contributed by atoms with van der Waals surface area (Å²) in [7, 11) is 0. The van der Waals surface area contributed by atoms with Gasteiger partial charge in [-0.1, -0.05) is 18.2 Å². The van der Waals surface area contributed by atoms with Crippen molar-refractivity contribution in [2.45, 2.75) is 13.1 Å². The van der Waals surface area contributed by atoms with E-state index in [1.54, 1.807) is 23.2 Å². The first kappa shape index (κ1) is 19.8. The summed E-state index contributed by atoms with van der Waals surface area (Å²) in [5.41, 5.74) is 1.80. The number of aromatic nitrogens is 1. The molecule has 3 rings (SSSR count). The Morgan fingerprint density at radius 1 is 1.00 bits per heavy atom. The molecule has 0 aliphatic carbocycles. The second kappa shape index (κ2) is 9.80. The van der Waals surface area contributed by atoms with E-state index in [1.807, 2.05) is 18.2 Å². The first-order valence-electron chi connectivity index (χ1n) is 9.26. The van der Waals surface area contributed by atoms with Crippen molar-refractivity contribution >= 4 is 11.9 Å². The molecule has 2 heterocycles. The number of carbonyl (C=O) groups is 2. The Kier molecular flexibility index (Phi) is 6.91. The van der Waals surface area contributed by atoms with Crippen LogP contribution in [0.3, 0.4) is 0 Å². The van der Waals surface area contributed by atoms with E-state index in [2.05, 4.69) is 20.5 Å². The predicted molar refractivity (Wildman–Crippen MR) is 103 cm³/mol. The molecular formula is C20H24FN5O2. The lowest BCUT2D eigenvalue weighted by molar-refractivity contribution is -0.131. The van der Waals surface area contributed by atoms with Gasteiger partial charge in [0.1, 0.15) is 5.82 Å². The molecular weight excluding hydrogens is 361 g/mol. The lowest BCUT2D eigenvalue weighted by atomic mass is 10.2. The van der Waals surface area contributed by atoms with Crippen molar-refractivity contribution in [3.8, 4) is 0 Å². The number of amides is 3. The highest BCUT2D eigenvalue weighted by Crippen LogP contribution is 2.07. The minimum atomic E-state index is -0.425. The number of pyridine rings is 1. The van der Waals surface area contributed by atoms with E-state index in [0.717, 1.165) is 30.9 Å². The fourth-order valence-corrected chi connectivity index (χ4v) is 2.99. The SMILES string of the molecule is O=C(NCC(=O)N1CCN(Cc2ccccn2)CC1)NCc1ccc(F)cc1. The fraction of sp³-hybridized carbons (Fsp3) is 0.350. The van der Waals surface area contributed by atoms with E-state index in [1.165, 1.54) is 12.1 Å². The lowest BCUT2D eigenvalue weighted by Gasteiger charge is -2.34. The van der Waals surface area contributed by atoms with Crippen LogP contribution in [-0.4, -0.2) is 59.4 Å². The highest BCUT2D eigenvalue weighted by molar-refractivity contribution is 5.84. The lowest BCUT2D eigenvalue weighted by Crippen LogP contribution is -2.51. The maximum absolute atomic E-state index is 12.9. The minimum absolute atomic E-state index is 0.0461. The molecule has 1 saturated heterocycles. The Morgan fingerprint density at radius 2 is 1.75 bits per heavy atom. The number of halogens is 1. The van der Waals surface area contributed by atoms with Gasteiger partial charge in [-0.15, -0.1) is 0 Å². The molecule has 1 aromatic heterocycles. The third-order valence-electron chi connectivity index (χ3n) is 4.60. The summed E-state index contributed by atoms with van der Waals surface area (Å²) in [6.07, 6.45) is 1.78. The zero-order valence-corrected chi connectivity index (χ0v) is 15.6. The normalized spacial score (nSPS) is 14.5. The van der Waals surface area contributed by atoms with Crippen LogP contribution in [0.4, 0.5) is 9.18 Å². The number of benzene rings is 1. The quantitative estimate of drug-likeness (QED) is 0.787. The van der Waals surface area contributed by atoms with Gasteiger partial charge in [-0.05, 0) is 29.8 Å². The predicted octanol–water partition coefficient (Wildman–Crippen LogP) is 1.36. The third kappa shape index (κ3) is 6.02. The van der Waals surface area contributed by atoms with Crippen LogP contribution in [0.5, 0.6) is 0 Å². The first-order valence-corrected chi connectivity index (χ1v) is 9.26. The molecule has 28 heavy (non-hydrogen) atoms. The van der Waals surface area contributed by atoms with E-state index in [0.29, 0.717) is 13.1 Å². The second-order valence-electron chi connectivity index (χ2n) is 6.64. The molecule has 1 aliphatic heterocycles. The summed E-state index contributed by atoms with van der Waals surface area (Å²) < 4.78 is 12.9. The van der Waals surface area contributed by atoms with Crippen molar-refractivity contribution in [2.75, 3.05) is 32.7 Å². The van der Waals surface area contributed by atoms with Gasteiger partial charge >= 0.3 is 6.03 Å². The molecule has 1 fully saturated rings. The zero-order valence-electron chi connectivity index (χ0n) is 15.6. The van der Waals surface area contributed by atoms with Gasteiger partial charge < -0.3 is 15.5 Å². The molecule has 2 N–H and O–H groups in total. The molecule has 0 saturated carbocycles. The number of carbonyl (C=O) groups excluding carboxylic acids is 2. The van der Waals surface area contributed by atoms with Crippen LogP contribution in [0.2, 0.25) is 0 Å². The molecule has 1 aromatic carbocycles. The highest BCUT2D eigenvalue weighted by atomic mass is 19.1. The maximum atomic E-state index is 12.9. The van der Waals surface area contributed by atoms with Crippen LogP contribution < -0.4 is 10.6 Å². The summed E-state index contributed by atoms with van der Waals surface area (Å²) >= 11 is 0. The zero-order chi connectivity index (χ0) is 19.8. The van der Waals surface area contributed by atoms with E-state index in [4.69, 9.17) is 0 Å². The Hall–Kier alpha value is -3.00. The monoisotopic (exact) mass is 385 g/mol. The van der Waals surface area contributed by atoms with Gasteiger partial charge in [0.05, 0.1) is 12.2 Å². The van der Waals surface area contributed by atoms with Crippen LogP contribution in [0.1, 0.15) is 11.3 Å². The van der Waals surface area contributed by atoms with Gasteiger partial charge in [0, 0.05) is 45.5 Å². The number of hydrogen-bond donors (Lipinski definition) is 2. The van der Waals surface area contributed by atoms with E-state index in [-0.39, 0.29) is 24.8 Å². The number of hydrogen-bond acceptors (Lipinski definition) is 4. The molecule has 0 atom stereocenters. The summed E-state index contributed by atoms with van der Waals surface area (Å²) in [4.78, 5) is 32.5. The van der Waals surface area contributed by atoms with Crippen molar-refractivity contribution in [3.63, 3.8) is 0 Å². The third-order valence-corrected chi connectivity index (χ3v) is 4.60. The van der Waals surface area contributed by atoms with Gasteiger partial charge in [-0.3, -0.25) is 14.7 Å². The molecule has 1 aliphatic rings. The smallest absolute Gasteiger partial charge is 0.315 e. The summed E-state index contributed by atoms with van der Waals surface area (Å²) in [5.74, 6) is -0.423. The average Bonchev–Trinajstić information content (AvgIpc) is 2.73. The van der Waals surface area contributed by atoms with Crippen molar-refractivity contribution < 1.29 is 14.0 Å². The van der Waals surface area contributed by atoms with Crippen molar-refractivity contribution in [2.24, 2.45) is 0 Å². The summed E-state index contributed by atoms with van der Waals surface area (Å²) in [6, 6.07) is 11.3. The number of nitrogens with zero attached hydrogens (tertiary/aromatic N) is 3. The molecule has 0 bridgehead atoms. The Balaban J connectivity index is 1.34. The van der Waals surface area contributed by atoms with Gasteiger partial charge in [-0.2, -0.15) is 0 Å². The van der Waals surface area contributed by atoms with Gasteiger partial charge in [0.2, 0.25) is 5.91 Å². The molecule has 0 radical (unpaired) electrons. The molecule has 7 nitrogen and oxygen atoms in total. The van der Waals surface area contributed by atoms with E-state index < -0.39 is 6.03 Å². The van der Waals surface area contributed by atoms with Crippen LogP contribution >= 0.6 is 0 Å². The Morgan fingerprint density at radius 3 is 2.43 bits per heavy atom. The Bertz CT molecular complexity index is 777. The van der Waals surface area contributed by atoms with Gasteiger partial charge in [0.15, 0.2) is 0 Å². The molecule has 0 unspecified atom stereocenters. The molecule has 8 heteroatoms. The summed E-state index contributed by atoms with van der Waals surface area (Å²) in [6.45, 7) is 3.81. The van der Waals surface area contributed by atoms with Crippen molar-refractivity contribution in [1.82, 2.24) is 25.4 Å². The molecule has 3 amide bonds. The van der Waals surface area contributed by atoms with Crippen molar-refractivity contribution in [3.05, 3.63) is 65.7 Å². The van der Waals surface area contributed by atoms with Crippen molar-refractivity contribution in [1.29, 1.82) is 0 Å². The van der Waals surface area contributed by atoms with Crippen LogP contribution in [0, 0.1) is 5.82 Å². The van der Waals surface area contributed by atoms with E-state index >= 15 is 0 Å². The first-order chi connectivity index (χ1) is 13.6. The molecule has 148 valence electrons. The maximum Gasteiger partial charge on any atom is 0.315 e. The molecule has 0 spiro atoms. The van der Waals surface area contributed by atoms with Crippen LogP contribution in [0.15, 0.2) is 48.7 Å². The van der Waals surface area contributed by atoms with Crippen LogP contribution in [0.25, 0.3) is 0 Å². The fourth-order valence-electron chi connectivity index (χ4n) is 2.99.